The van der Waals surface area contributed by atoms with E-state index in [1.807, 2.05) is 0 Å². The Bertz CT molecular complexity index is 127. The summed E-state index contributed by atoms with van der Waals surface area (Å²) in [6.07, 6.45) is 7.68. The molecule has 1 N–H and O–H groups in total. The van der Waals surface area contributed by atoms with Crippen LogP contribution < -0.4 is 0 Å². The van der Waals surface area contributed by atoms with E-state index in [1.54, 1.807) is 0 Å². The maximum Gasteiger partial charge on any atom is 0.0750 e. The van der Waals surface area contributed by atoms with Gasteiger partial charge in [-0.3, -0.25) is 0 Å². The SMILES string of the molecule is CC/C=C1/CCCCC1O. The normalized spacial score (nSPS) is 31.0. The average Bonchev–Trinajstić information content (AvgIpc) is 1.94. The fourth-order valence-electron chi connectivity index (χ4n) is 1.52. The van der Waals surface area contributed by atoms with Crippen molar-refractivity contribution in [2.75, 3.05) is 0 Å². The quantitative estimate of drug-likeness (QED) is 0.554. The molecule has 1 aliphatic carbocycles. The first-order valence-corrected chi connectivity index (χ1v) is 4.21. The van der Waals surface area contributed by atoms with E-state index in [-0.39, 0.29) is 6.10 Å². The second kappa shape index (κ2) is 3.77. The molecule has 0 aromatic heterocycles. The largest absolute Gasteiger partial charge is 0.389 e. The van der Waals surface area contributed by atoms with Crippen LogP contribution >= 0.6 is 0 Å². The summed E-state index contributed by atoms with van der Waals surface area (Å²) in [7, 11) is 0. The summed E-state index contributed by atoms with van der Waals surface area (Å²) < 4.78 is 0. The van der Waals surface area contributed by atoms with Crippen LogP contribution in [0.5, 0.6) is 0 Å². The maximum atomic E-state index is 9.43. The molecular weight excluding hydrogens is 124 g/mol. The first-order valence-electron chi connectivity index (χ1n) is 4.21. The summed E-state index contributed by atoms with van der Waals surface area (Å²) in [4.78, 5) is 0. The van der Waals surface area contributed by atoms with Gasteiger partial charge in [0.05, 0.1) is 6.10 Å². The number of rotatable bonds is 1. The number of hydrogen-bond acceptors (Lipinski definition) is 1. The Balaban J connectivity index is 2.47. The van der Waals surface area contributed by atoms with Crippen molar-refractivity contribution in [2.45, 2.75) is 45.1 Å². The fourth-order valence-corrected chi connectivity index (χ4v) is 1.52. The van der Waals surface area contributed by atoms with Gasteiger partial charge in [0.2, 0.25) is 0 Å². The minimum absolute atomic E-state index is 0.117. The van der Waals surface area contributed by atoms with E-state index in [0.29, 0.717) is 0 Å². The number of aliphatic hydroxyl groups excluding tert-OH is 1. The van der Waals surface area contributed by atoms with E-state index in [9.17, 15) is 5.11 Å². The Morgan fingerprint density at radius 1 is 1.60 bits per heavy atom. The van der Waals surface area contributed by atoms with E-state index in [2.05, 4.69) is 13.0 Å². The van der Waals surface area contributed by atoms with Crippen LogP contribution in [0.3, 0.4) is 0 Å². The van der Waals surface area contributed by atoms with Crippen molar-refractivity contribution < 1.29 is 5.11 Å². The standard InChI is InChI=1S/C9H16O/c1-2-5-8-6-3-4-7-9(8)10/h5,9-10H,2-4,6-7H2,1H3/b8-5-. The highest BCUT2D eigenvalue weighted by molar-refractivity contribution is 5.09. The summed E-state index contributed by atoms with van der Waals surface area (Å²) >= 11 is 0. The minimum Gasteiger partial charge on any atom is -0.389 e. The minimum atomic E-state index is -0.117. The van der Waals surface area contributed by atoms with Crippen LogP contribution in [-0.2, 0) is 0 Å². The zero-order valence-corrected chi connectivity index (χ0v) is 6.64. The number of aliphatic hydroxyl groups is 1. The maximum absolute atomic E-state index is 9.43. The number of hydrogen-bond donors (Lipinski definition) is 1. The molecule has 0 heterocycles. The molecule has 0 saturated heterocycles. The summed E-state index contributed by atoms with van der Waals surface area (Å²) in [5.41, 5.74) is 1.27. The Hall–Kier alpha value is -0.300. The van der Waals surface area contributed by atoms with Crippen molar-refractivity contribution >= 4 is 0 Å². The van der Waals surface area contributed by atoms with Gasteiger partial charge in [0, 0.05) is 0 Å². The van der Waals surface area contributed by atoms with Gasteiger partial charge in [0.1, 0.15) is 0 Å². The molecule has 1 unspecified atom stereocenters. The highest BCUT2D eigenvalue weighted by Gasteiger charge is 2.14. The molecule has 58 valence electrons. The van der Waals surface area contributed by atoms with Gasteiger partial charge >= 0.3 is 0 Å². The van der Waals surface area contributed by atoms with Crippen LogP contribution in [0.1, 0.15) is 39.0 Å². The first kappa shape index (κ1) is 7.80. The molecule has 0 radical (unpaired) electrons. The first-order chi connectivity index (χ1) is 4.84. The summed E-state index contributed by atoms with van der Waals surface area (Å²) in [6.45, 7) is 2.12. The summed E-state index contributed by atoms with van der Waals surface area (Å²) in [5.74, 6) is 0. The monoisotopic (exact) mass is 140 g/mol. The molecule has 10 heavy (non-hydrogen) atoms. The molecule has 0 spiro atoms. The van der Waals surface area contributed by atoms with Crippen LogP contribution in [0.4, 0.5) is 0 Å². The van der Waals surface area contributed by atoms with Gasteiger partial charge in [-0.25, -0.2) is 0 Å². The van der Waals surface area contributed by atoms with E-state index in [4.69, 9.17) is 0 Å². The molecular formula is C9H16O. The number of allylic oxidation sites excluding steroid dienone is 1. The van der Waals surface area contributed by atoms with Crippen LogP contribution in [0.25, 0.3) is 0 Å². The molecule has 0 aliphatic heterocycles. The molecule has 1 saturated carbocycles. The topological polar surface area (TPSA) is 20.2 Å². The molecule has 1 aliphatic rings. The van der Waals surface area contributed by atoms with Gasteiger partial charge in [-0.05, 0) is 31.3 Å². The predicted octanol–water partition coefficient (Wildman–Crippen LogP) is 2.26. The van der Waals surface area contributed by atoms with E-state index >= 15 is 0 Å². The molecule has 0 bridgehead atoms. The van der Waals surface area contributed by atoms with Crippen molar-refractivity contribution in [2.24, 2.45) is 0 Å². The van der Waals surface area contributed by atoms with Gasteiger partial charge < -0.3 is 5.11 Å². The van der Waals surface area contributed by atoms with Gasteiger partial charge in [0.15, 0.2) is 0 Å². The van der Waals surface area contributed by atoms with Gasteiger partial charge in [-0.1, -0.05) is 19.4 Å². The van der Waals surface area contributed by atoms with Crippen LogP contribution in [0.15, 0.2) is 11.6 Å². The lowest BCUT2D eigenvalue weighted by molar-refractivity contribution is 0.178. The van der Waals surface area contributed by atoms with Crippen LogP contribution in [0, 0.1) is 0 Å². The Kier molecular flexibility index (Phi) is 2.94. The highest BCUT2D eigenvalue weighted by Crippen LogP contribution is 2.23. The Morgan fingerprint density at radius 3 is 3.00 bits per heavy atom. The van der Waals surface area contributed by atoms with E-state index < -0.39 is 0 Å². The molecule has 0 amide bonds. The Morgan fingerprint density at radius 2 is 2.40 bits per heavy atom. The highest BCUT2D eigenvalue weighted by atomic mass is 16.3. The van der Waals surface area contributed by atoms with E-state index in [1.165, 1.54) is 18.4 Å². The fraction of sp³-hybridized carbons (Fsp3) is 0.778. The average molecular weight is 140 g/mol. The molecule has 1 rings (SSSR count). The van der Waals surface area contributed by atoms with Crippen LogP contribution in [0.2, 0.25) is 0 Å². The lowest BCUT2D eigenvalue weighted by Gasteiger charge is -2.20. The lowest BCUT2D eigenvalue weighted by atomic mass is 9.91. The van der Waals surface area contributed by atoms with Crippen molar-refractivity contribution in [3.05, 3.63) is 11.6 Å². The Labute approximate surface area is 62.8 Å². The molecule has 0 aromatic rings. The van der Waals surface area contributed by atoms with Gasteiger partial charge in [-0.2, -0.15) is 0 Å². The van der Waals surface area contributed by atoms with Crippen molar-refractivity contribution in [3.8, 4) is 0 Å². The third-order valence-electron chi connectivity index (χ3n) is 2.09. The zero-order valence-electron chi connectivity index (χ0n) is 6.64. The summed E-state index contributed by atoms with van der Waals surface area (Å²) in [5, 5.41) is 9.43. The van der Waals surface area contributed by atoms with Gasteiger partial charge in [-0.15, -0.1) is 0 Å². The third-order valence-corrected chi connectivity index (χ3v) is 2.09. The third kappa shape index (κ3) is 1.84. The molecule has 0 aromatic carbocycles. The second-order valence-corrected chi connectivity index (χ2v) is 2.95. The van der Waals surface area contributed by atoms with E-state index in [0.717, 1.165) is 19.3 Å². The predicted molar refractivity (Wildman–Crippen MR) is 42.8 cm³/mol. The lowest BCUT2D eigenvalue weighted by Crippen LogP contribution is -2.14. The second-order valence-electron chi connectivity index (χ2n) is 2.95. The van der Waals surface area contributed by atoms with Crippen molar-refractivity contribution in [1.29, 1.82) is 0 Å². The summed E-state index contributed by atoms with van der Waals surface area (Å²) in [6, 6.07) is 0. The smallest absolute Gasteiger partial charge is 0.0750 e. The molecule has 1 atom stereocenters. The molecule has 1 fully saturated rings. The van der Waals surface area contributed by atoms with Crippen molar-refractivity contribution in [1.82, 2.24) is 0 Å². The van der Waals surface area contributed by atoms with Crippen LogP contribution in [-0.4, -0.2) is 11.2 Å². The molecule has 1 heteroatoms. The van der Waals surface area contributed by atoms with Gasteiger partial charge in [0.25, 0.3) is 0 Å². The van der Waals surface area contributed by atoms with Crippen molar-refractivity contribution in [3.63, 3.8) is 0 Å². The zero-order chi connectivity index (χ0) is 7.40. The molecule has 1 nitrogen and oxygen atoms in total.